The molecule has 1 amide bonds. The van der Waals surface area contributed by atoms with E-state index < -0.39 is 0 Å². The van der Waals surface area contributed by atoms with Crippen molar-refractivity contribution < 1.29 is 9.32 Å². The zero-order valence-electron chi connectivity index (χ0n) is 12.9. The predicted octanol–water partition coefficient (Wildman–Crippen LogP) is 2.18. The van der Waals surface area contributed by atoms with E-state index in [0.717, 1.165) is 27.7 Å². The monoisotopic (exact) mass is 331 g/mol. The Morgan fingerprint density at radius 2 is 2.30 bits per heavy atom. The van der Waals surface area contributed by atoms with Crippen molar-refractivity contribution in [3.05, 3.63) is 46.4 Å². The molecule has 3 heterocycles. The highest BCUT2D eigenvalue weighted by Gasteiger charge is 2.11. The highest BCUT2D eigenvalue weighted by atomic mass is 32.1. The number of hydrogen-bond acceptors (Lipinski definition) is 6. The van der Waals surface area contributed by atoms with Crippen LogP contribution in [0, 0.1) is 13.8 Å². The molecule has 0 saturated carbocycles. The lowest BCUT2D eigenvalue weighted by atomic mass is 10.1. The lowest BCUT2D eigenvalue weighted by Gasteiger charge is -2.02. The first-order valence-corrected chi connectivity index (χ1v) is 8.15. The van der Waals surface area contributed by atoms with Gasteiger partial charge in [0.1, 0.15) is 16.5 Å². The summed E-state index contributed by atoms with van der Waals surface area (Å²) in [7, 11) is 0. The molecule has 0 fully saturated rings. The zero-order valence-corrected chi connectivity index (χ0v) is 13.8. The molecule has 0 aliphatic rings. The van der Waals surface area contributed by atoms with E-state index in [1.165, 1.54) is 0 Å². The number of amides is 1. The van der Waals surface area contributed by atoms with E-state index in [0.29, 0.717) is 19.4 Å². The van der Waals surface area contributed by atoms with Gasteiger partial charge < -0.3 is 9.84 Å². The second kappa shape index (κ2) is 6.74. The molecule has 7 nitrogen and oxygen atoms in total. The average Bonchev–Trinajstić information content (AvgIpc) is 3.25. The summed E-state index contributed by atoms with van der Waals surface area (Å²) in [4.78, 5) is 12.0. The van der Waals surface area contributed by atoms with Crippen LogP contribution in [0.2, 0.25) is 0 Å². The van der Waals surface area contributed by atoms with Crippen LogP contribution in [0.4, 0.5) is 0 Å². The van der Waals surface area contributed by atoms with E-state index in [1.54, 1.807) is 16.0 Å². The number of aromatic nitrogens is 4. The van der Waals surface area contributed by atoms with Crippen LogP contribution in [0.1, 0.15) is 29.1 Å². The molecule has 0 aliphatic heterocycles. The standard InChI is InChI=1S/C15H17N5O2S/c1-10-13(11(2)22-18-10)5-6-14(21)16-8-12-9-20(19-17-12)15-4-3-7-23-15/h3-4,7,9H,5-6,8H2,1-2H3,(H,16,21). The van der Waals surface area contributed by atoms with Crippen molar-refractivity contribution in [3.8, 4) is 5.00 Å². The third-order valence-corrected chi connectivity index (χ3v) is 4.38. The molecular weight excluding hydrogens is 314 g/mol. The zero-order chi connectivity index (χ0) is 16.2. The summed E-state index contributed by atoms with van der Waals surface area (Å²) in [5.41, 5.74) is 2.57. The van der Waals surface area contributed by atoms with Crippen molar-refractivity contribution in [1.82, 2.24) is 25.5 Å². The molecule has 0 unspecified atom stereocenters. The molecule has 0 bridgehead atoms. The van der Waals surface area contributed by atoms with Gasteiger partial charge in [0.2, 0.25) is 5.91 Å². The molecule has 0 aliphatic carbocycles. The molecule has 1 N–H and O–H groups in total. The fourth-order valence-corrected chi connectivity index (χ4v) is 2.91. The number of thiophene rings is 1. The van der Waals surface area contributed by atoms with Crippen LogP contribution in [0.15, 0.2) is 28.2 Å². The van der Waals surface area contributed by atoms with Crippen molar-refractivity contribution in [2.45, 2.75) is 33.2 Å². The number of carbonyl (C=O) groups excluding carboxylic acids is 1. The van der Waals surface area contributed by atoms with Gasteiger partial charge in [-0.05, 0) is 37.8 Å². The minimum absolute atomic E-state index is 0.0318. The largest absolute Gasteiger partial charge is 0.361 e. The summed E-state index contributed by atoms with van der Waals surface area (Å²) in [6.07, 6.45) is 2.83. The summed E-state index contributed by atoms with van der Waals surface area (Å²) < 4.78 is 6.80. The molecule has 0 aromatic carbocycles. The number of carbonyl (C=O) groups is 1. The summed E-state index contributed by atoms with van der Waals surface area (Å²) in [6, 6.07) is 3.92. The van der Waals surface area contributed by atoms with Gasteiger partial charge in [0.15, 0.2) is 0 Å². The first-order valence-electron chi connectivity index (χ1n) is 7.27. The molecule has 3 aromatic rings. The van der Waals surface area contributed by atoms with Gasteiger partial charge in [-0.3, -0.25) is 4.79 Å². The second-order valence-corrected chi connectivity index (χ2v) is 6.11. The van der Waals surface area contributed by atoms with Crippen LogP contribution in [0.3, 0.4) is 0 Å². The van der Waals surface area contributed by atoms with Gasteiger partial charge in [-0.25, -0.2) is 4.68 Å². The number of hydrogen-bond donors (Lipinski definition) is 1. The van der Waals surface area contributed by atoms with Crippen LogP contribution in [-0.4, -0.2) is 26.1 Å². The van der Waals surface area contributed by atoms with Crippen molar-refractivity contribution in [2.75, 3.05) is 0 Å². The highest BCUT2D eigenvalue weighted by molar-refractivity contribution is 7.12. The normalized spacial score (nSPS) is 10.9. The Morgan fingerprint density at radius 1 is 1.43 bits per heavy atom. The maximum Gasteiger partial charge on any atom is 0.220 e. The summed E-state index contributed by atoms with van der Waals surface area (Å²) in [6.45, 7) is 4.11. The topological polar surface area (TPSA) is 85.8 Å². The number of rotatable bonds is 6. The number of nitrogens with zero attached hydrogens (tertiary/aromatic N) is 4. The number of nitrogens with one attached hydrogen (secondary N) is 1. The van der Waals surface area contributed by atoms with E-state index in [9.17, 15) is 4.79 Å². The molecule has 23 heavy (non-hydrogen) atoms. The van der Waals surface area contributed by atoms with Gasteiger partial charge in [0.25, 0.3) is 0 Å². The fraction of sp³-hybridized carbons (Fsp3) is 0.333. The highest BCUT2D eigenvalue weighted by Crippen LogP contribution is 2.15. The SMILES string of the molecule is Cc1noc(C)c1CCC(=O)NCc1cn(-c2cccs2)nn1. The third-order valence-electron chi connectivity index (χ3n) is 3.52. The van der Waals surface area contributed by atoms with Gasteiger partial charge in [-0.1, -0.05) is 10.4 Å². The molecule has 0 radical (unpaired) electrons. The van der Waals surface area contributed by atoms with Crippen LogP contribution in [0.5, 0.6) is 0 Å². The molecule has 120 valence electrons. The summed E-state index contributed by atoms with van der Waals surface area (Å²) in [5, 5.41) is 17.8. The average molecular weight is 331 g/mol. The lowest BCUT2D eigenvalue weighted by Crippen LogP contribution is -2.23. The molecule has 0 atom stereocenters. The molecule has 3 aromatic heterocycles. The summed E-state index contributed by atoms with van der Waals surface area (Å²) >= 11 is 1.58. The van der Waals surface area contributed by atoms with Gasteiger partial charge in [-0.15, -0.1) is 16.4 Å². The molecule has 0 spiro atoms. The van der Waals surface area contributed by atoms with Crippen molar-refractivity contribution in [1.29, 1.82) is 0 Å². The maximum atomic E-state index is 12.0. The Hall–Kier alpha value is -2.48. The van der Waals surface area contributed by atoms with Crippen molar-refractivity contribution >= 4 is 17.2 Å². The molecule has 0 saturated heterocycles. The van der Waals surface area contributed by atoms with E-state index in [2.05, 4.69) is 20.8 Å². The minimum Gasteiger partial charge on any atom is -0.361 e. The first kappa shape index (κ1) is 15.4. The van der Waals surface area contributed by atoms with E-state index in [-0.39, 0.29) is 5.91 Å². The van der Waals surface area contributed by atoms with Crippen LogP contribution >= 0.6 is 11.3 Å². The van der Waals surface area contributed by atoms with Gasteiger partial charge in [0.05, 0.1) is 18.4 Å². The van der Waals surface area contributed by atoms with E-state index in [4.69, 9.17) is 4.52 Å². The quantitative estimate of drug-likeness (QED) is 0.748. The molecule has 8 heteroatoms. The smallest absolute Gasteiger partial charge is 0.220 e. The van der Waals surface area contributed by atoms with E-state index >= 15 is 0 Å². The Labute approximate surface area is 137 Å². The Balaban J connectivity index is 1.49. The summed E-state index contributed by atoms with van der Waals surface area (Å²) in [5.74, 6) is 0.741. The van der Waals surface area contributed by atoms with Gasteiger partial charge in [0, 0.05) is 12.0 Å². The number of aryl methyl sites for hydroxylation is 2. The minimum atomic E-state index is -0.0318. The van der Waals surface area contributed by atoms with E-state index in [1.807, 2.05) is 37.6 Å². The Morgan fingerprint density at radius 3 is 3.00 bits per heavy atom. The van der Waals surface area contributed by atoms with Gasteiger partial charge >= 0.3 is 0 Å². The van der Waals surface area contributed by atoms with Crippen LogP contribution in [0.25, 0.3) is 5.00 Å². The van der Waals surface area contributed by atoms with Crippen molar-refractivity contribution in [2.24, 2.45) is 0 Å². The maximum absolute atomic E-state index is 12.0. The van der Waals surface area contributed by atoms with Crippen LogP contribution < -0.4 is 5.32 Å². The molecule has 3 rings (SSSR count). The third kappa shape index (κ3) is 3.65. The lowest BCUT2D eigenvalue weighted by molar-refractivity contribution is -0.121. The first-order chi connectivity index (χ1) is 11.1. The molecular formula is C15H17N5O2S. The second-order valence-electron chi connectivity index (χ2n) is 5.19. The fourth-order valence-electron chi connectivity index (χ4n) is 2.26. The van der Waals surface area contributed by atoms with Gasteiger partial charge in [-0.2, -0.15) is 0 Å². The van der Waals surface area contributed by atoms with Crippen molar-refractivity contribution in [3.63, 3.8) is 0 Å². The Kier molecular flexibility index (Phi) is 4.52. The predicted molar refractivity (Wildman–Crippen MR) is 85.4 cm³/mol. The van der Waals surface area contributed by atoms with Crippen LogP contribution in [-0.2, 0) is 17.8 Å². The Bertz CT molecular complexity index is 771.